The highest BCUT2D eigenvalue weighted by atomic mass is 19.2. The predicted octanol–water partition coefficient (Wildman–Crippen LogP) is -1.27. The lowest BCUT2D eigenvalue weighted by Crippen LogP contribution is -2.37. The molecule has 5 atom stereocenters. The smallest absolute Gasteiger partial charge is 0.228 e. The van der Waals surface area contributed by atoms with Crippen molar-refractivity contribution in [2.45, 2.75) is 30.8 Å². The van der Waals surface area contributed by atoms with Gasteiger partial charge in [0.2, 0.25) is 6.36 Å². The molecule has 1 fully saturated rings. The third-order valence-corrected chi connectivity index (χ3v) is 1.76. The summed E-state index contributed by atoms with van der Waals surface area (Å²) in [5.41, 5.74) is 0. The molecule has 1 rings (SSSR count). The van der Waals surface area contributed by atoms with Gasteiger partial charge in [-0.2, -0.15) is 0 Å². The fraction of sp³-hybridized carbons (Fsp3) is 1.00. The summed E-state index contributed by atoms with van der Waals surface area (Å²) in [6.07, 6.45) is -9.00. The molecule has 0 aromatic rings. The van der Waals surface area contributed by atoms with Crippen LogP contribution in [0.4, 0.5) is 8.78 Å². The molecule has 0 aliphatic carbocycles. The summed E-state index contributed by atoms with van der Waals surface area (Å²) in [4.78, 5) is 0. The topological polar surface area (TPSA) is 69.9 Å². The van der Waals surface area contributed by atoms with Crippen LogP contribution in [0, 0.1) is 0 Å². The van der Waals surface area contributed by atoms with E-state index < -0.39 is 37.4 Å². The van der Waals surface area contributed by atoms with Crippen LogP contribution in [0.1, 0.15) is 0 Å². The van der Waals surface area contributed by atoms with Gasteiger partial charge in [0.25, 0.3) is 0 Å². The van der Waals surface area contributed by atoms with E-state index in [9.17, 15) is 8.78 Å². The van der Waals surface area contributed by atoms with E-state index in [1.165, 1.54) is 0 Å². The zero-order chi connectivity index (χ0) is 9.30. The number of halogens is 2. The number of hydrogen-bond acceptors (Lipinski definition) is 4. The van der Waals surface area contributed by atoms with E-state index in [-0.39, 0.29) is 0 Å². The Morgan fingerprint density at radius 2 is 2.00 bits per heavy atom. The number of alkyl halides is 2. The minimum absolute atomic E-state index is 0.732. The first-order chi connectivity index (χ1) is 5.57. The van der Waals surface area contributed by atoms with Crippen LogP contribution in [0.2, 0.25) is 0 Å². The van der Waals surface area contributed by atoms with Crippen molar-refractivity contribution in [3.8, 4) is 0 Å². The van der Waals surface area contributed by atoms with Crippen LogP contribution < -0.4 is 0 Å². The van der Waals surface area contributed by atoms with Crippen LogP contribution in [0.3, 0.4) is 0 Å². The largest absolute Gasteiger partial charge is 0.394 e. The Kier molecular flexibility index (Phi) is 2.94. The standard InChI is InChI=1S/C6H10F2O4/c7-3-4(11)6(8)12-5(3)2(10)1-9/h2-6,9-11H,1H2. The summed E-state index contributed by atoms with van der Waals surface area (Å²) in [5, 5.41) is 26.0. The molecule has 3 N–H and O–H groups in total. The summed E-state index contributed by atoms with van der Waals surface area (Å²) in [6.45, 7) is -0.732. The molecule has 6 heteroatoms. The lowest BCUT2D eigenvalue weighted by molar-refractivity contribution is -0.111. The maximum atomic E-state index is 12.8. The molecule has 12 heavy (non-hydrogen) atoms. The molecule has 0 amide bonds. The Balaban J connectivity index is 2.58. The normalized spacial score (nSPS) is 44.8. The summed E-state index contributed by atoms with van der Waals surface area (Å²) < 4.78 is 29.4. The second kappa shape index (κ2) is 3.61. The van der Waals surface area contributed by atoms with Crippen molar-refractivity contribution in [1.82, 2.24) is 0 Å². The number of hydrogen-bond donors (Lipinski definition) is 3. The van der Waals surface area contributed by atoms with E-state index >= 15 is 0 Å². The zero-order valence-electron chi connectivity index (χ0n) is 6.10. The van der Waals surface area contributed by atoms with E-state index in [1.54, 1.807) is 0 Å². The fourth-order valence-electron chi connectivity index (χ4n) is 1.05. The molecule has 0 bridgehead atoms. The number of aliphatic hydroxyl groups excluding tert-OH is 3. The Labute approximate surface area is 67.4 Å². The summed E-state index contributed by atoms with van der Waals surface area (Å²) in [5.74, 6) is 0. The SMILES string of the molecule is OCC(O)C1OC(F)C(O)C1F. The zero-order valence-corrected chi connectivity index (χ0v) is 6.10. The average Bonchev–Trinajstić information content (AvgIpc) is 2.32. The van der Waals surface area contributed by atoms with Crippen molar-refractivity contribution in [1.29, 1.82) is 0 Å². The molecule has 0 aromatic heterocycles. The molecule has 5 unspecified atom stereocenters. The van der Waals surface area contributed by atoms with Crippen LogP contribution >= 0.6 is 0 Å². The third kappa shape index (κ3) is 1.56. The van der Waals surface area contributed by atoms with Crippen LogP contribution in [-0.4, -0.2) is 52.8 Å². The van der Waals surface area contributed by atoms with Crippen molar-refractivity contribution in [3.63, 3.8) is 0 Å². The van der Waals surface area contributed by atoms with E-state index in [2.05, 4.69) is 4.74 Å². The molecule has 1 aliphatic rings. The molecule has 0 radical (unpaired) electrons. The van der Waals surface area contributed by atoms with Crippen LogP contribution in [0.5, 0.6) is 0 Å². The second-order valence-electron chi connectivity index (χ2n) is 2.64. The maximum Gasteiger partial charge on any atom is 0.228 e. The fourth-order valence-corrected chi connectivity index (χ4v) is 1.05. The summed E-state index contributed by atoms with van der Waals surface area (Å²) in [7, 11) is 0. The second-order valence-corrected chi connectivity index (χ2v) is 2.64. The lowest BCUT2D eigenvalue weighted by Gasteiger charge is -2.16. The Hall–Kier alpha value is -0.300. The minimum Gasteiger partial charge on any atom is -0.394 e. The molecular formula is C6H10F2O4. The number of aliphatic hydroxyl groups is 3. The molecule has 72 valence electrons. The van der Waals surface area contributed by atoms with Gasteiger partial charge in [0.1, 0.15) is 18.3 Å². The van der Waals surface area contributed by atoms with E-state index in [1.807, 2.05) is 0 Å². The van der Waals surface area contributed by atoms with Crippen LogP contribution in [0.15, 0.2) is 0 Å². The number of rotatable bonds is 2. The number of ether oxygens (including phenoxy) is 1. The van der Waals surface area contributed by atoms with Crippen molar-refractivity contribution in [3.05, 3.63) is 0 Å². The van der Waals surface area contributed by atoms with Crippen LogP contribution in [0.25, 0.3) is 0 Å². The third-order valence-electron chi connectivity index (χ3n) is 1.76. The quantitative estimate of drug-likeness (QED) is 0.500. The van der Waals surface area contributed by atoms with Crippen molar-refractivity contribution >= 4 is 0 Å². The molecule has 1 heterocycles. The van der Waals surface area contributed by atoms with E-state index in [0.717, 1.165) is 0 Å². The van der Waals surface area contributed by atoms with Gasteiger partial charge >= 0.3 is 0 Å². The first-order valence-electron chi connectivity index (χ1n) is 3.48. The van der Waals surface area contributed by atoms with Crippen molar-refractivity contribution < 1.29 is 28.8 Å². The van der Waals surface area contributed by atoms with Gasteiger partial charge in [0.05, 0.1) is 6.61 Å². The Morgan fingerprint density at radius 3 is 2.33 bits per heavy atom. The average molecular weight is 184 g/mol. The highest BCUT2D eigenvalue weighted by molar-refractivity contribution is 4.90. The molecule has 1 saturated heterocycles. The Morgan fingerprint density at radius 1 is 1.42 bits per heavy atom. The summed E-state index contributed by atoms with van der Waals surface area (Å²) >= 11 is 0. The molecule has 1 aliphatic heterocycles. The summed E-state index contributed by atoms with van der Waals surface area (Å²) in [6, 6.07) is 0. The highest BCUT2D eigenvalue weighted by Gasteiger charge is 2.47. The van der Waals surface area contributed by atoms with Crippen molar-refractivity contribution in [2.75, 3.05) is 6.61 Å². The molecule has 0 spiro atoms. The van der Waals surface area contributed by atoms with Gasteiger partial charge < -0.3 is 20.1 Å². The van der Waals surface area contributed by atoms with Gasteiger partial charge in [0.15, 0.2) is 6.17 Å². The first-order valence-corrected chi connectivity index (χ1v) is 3.48. The van der Waals surface area contributed by atoms with Gasteiger partial charge in [0, 0.05) is 0 Å². The monoisotopic (exact) mass is 184 g/mol. The van der Waals surface area contributed by atoms with Gasteiger partial charge in [-0.15, -0.1) is 0 Å². The van der Waals surface area contributed by atoms with E-state index in [0.29, 0.717) is 0 Å². The molecular weight excluding hydrogens is 174 g/mol. The molecule has 0 saturated carbocycles. The predicted molar refractivity (Wildman–Crippen MR) is 33.8 cm³/mol. The lowest BCUT2D eigenvalue weighted by atomic mass is 10.1. The van der Waals surface area contributed by atoms with Gasteiger partial charge in [-0.3, -0.25) is 0 Å². The molecule has 4 nitrogen and oxygen atoms in total. The highest BCUT2D eigenvalue weighted by Crippen LogP contribution is 2.26. The first kappa shape index (κ1) is 9.79. The van der Waals surface area contributed by atoms with Gasteiger partial charge in [-0.25, -0.2) is 8.78 Å². The Bertz CT molecular complexity index is 156. The molecule has 0 aromatic carbocycles. The van der Waals surface area contributed by atoms with Crippen molar-refractivity contribution in [2.24, 2.45) is 0 Å². The van der Waals surface area contributed by atoms with Crippen LogP contribution in [-0.2, 0) is 4.74 Å². The maximum absolute atomic E-state index is 12.8. The van der Waals surface area contributed by atoms with Gasteiger partial charge in [-0.05, 0) is 0 Å². The minimum atomic E-state index is -2.13. The van der Waals surface area contributed by atoms with E-state index in [4.69, 9.17) is 15.3 Å². The van der Waals surface area contributed by atoms with Gasteiger partial charge in [-0.1, -0.05) is 0 Å².